The summed E-state index contributed by atoms with van der Waals surface area (Å²) in [6.45, 7) is 20.3. The summed E-state index contributed by atoms with van der Waals surface area (Å²) in [5.74, 6) is 1.94. The van der Waals surface area contributed by atoms with E-state index in [1.807, 2.05) is 6.92 Å². The van der Waals surface area contributed by atoms with Crippen LogP contribution in [-0.4, -0.2) is 9.55 Å². The molecule has 0 N–H and O–H groups in total. The largest absolute Gasteiger partial charge is 0.437 e. The minimum absolute atomic E-state index is 0.380. The summed E-state index contributed by atoms with van der Waals surface area (Å²) in [7, 11) is 2.22. The molecule has 0 aliphatic rings. The minimum Gasteiger partial charge on any atom is -0.437 e. The number of para-hydroxylation sites is 1. The Morgan fingerprint density at radius 1 is 0.767 bits per heavy atom. The van der Waals surface area contributed by atoms with Crippen molar-refractivity contribution in [2.24, 2.45) is 7.05 Å². The topological polar surface area (TPSA) is 34.8 Å². The molecule has 0 bridgehead atoms. The van der Waals surface area contributed by atoms with E-state index in [0.717, 1.165) is 22.0 Å². The predicted octanol–water partition coefficient (Wildman–Crippen LogP) is 9.76. The molecule has 3 aromatic carbocycles. The van der Waals surface area contributed by atoms with E-state index in [2.05, 4.69) is 144 Å². The molecule has 6 rings (SSSR count). The van der Waals surface area contributed by atoms with Gasteiger partial charge in [-0.1, -0.05) is 76.2 Å². The van der Waals surface area contributed by atoms with Gasteiger partial charge < -0.3 is 4.42 Å². The number of fused-ring (bicyclic) bond motifs is 3. The van der Waals surface area contributed by atoms with Gasteiger partial charge >= 0.3 is 0 Å². The smallest absolute Gasteiger partial charge is 0.294 e. The second-order valence-electron chi connectivity index (χ2n) is 13.3. The minimum atomic E-state index is -0.380. The lowest BCUT2D eigenvalue weighted by Crippen LogP contribution is -2.35. The molecule has 4 heteroatoms. The Balaban J connectivity index is 1.71. The number of furan rings is 1. The molecule has 0 unspecified atom stereocenters. The fourth-order valence-corrected chi connectivity index (χ4v) is 7.04. The lowest BCUT2D eigenvalue weighted by Gasteiger charge is -2.25. The fourth-order valence-electron chi connectivity index (χ4n) is 7.04. The lowest BCUT2D eigenvalue weighted by molar-refractivity contribution is -0.584. The number of imidazole rings is 1. The van der Waals surface area contributed by atoms with E-state index in [4.69, 9.17) is 9.40 Å². The van der Waals surface area contributed by atoms with Crippen LogP contribution in [0.25, 0.3) is 39.1 Å². The molecule has 0 spiro atoms. The number of nitrogens with zero attached hydrogens (tertiary/aromatic N) is 3. The molecule has 0 saturated heterocycles. The summed E-state index contributed by atoms with van der Waals surface area (Å²) in [6.07, 6.45) is 2.39. The maximum Gasteiger partial charge on any atom is 0.294 e. The van der Waals surface area contributed by atoms with Gasteiger partial charge in [0.1, 0.15) is 17.5 Å². The molecule has 6 aromatic rings. The van der Waals surface area contributed by atoms with Crippen LogP contribution in [0.3, 0.4) is 0 Å². The van der Waals surface area contributed by atoms with Gasteiger partial charge in [0.25, 0.3) is 5.82 Å². The summed E-state index contributed by atoms with van der Waals surface area (Å²) >= 11 is 0. The van der Waals surface area contributed by atoms with Gasteiger partial charge in [0.15, 0.2) is 5.69 Å². The van der Waals surface area contributed by atoms with E-state index in [1.54, 1.807) is 0 Å². The van der Waals surface area contributed by atoms with Crippen LogP contribution in [0.4, 0.5) is 0 Å². The Bertz CT molecular complexity index is 1970. The molecule has 0 aliphatic heterocycles. The zero-order chi connectivity index (χ0) is 30.8. The second kappa shape index (κ2) is 10.5. The quantitative estimate of drug-likeness (QED) is 0.187. The number of hydrogen-bond acceptors (Lipinski definition) is 2. The standard InChI is InChI=1S/C39H44N3O/c1-23(2)28-16-13-17-29(24(3)4)35(28)42-22-33(41(10)38(42)30-15-12-11-14-25(30)5)39(8,9)34-26(6)18-20-31-32-21-19-27(7)40-37(32)43-36(31)34/h11-24H,1-10H3/q+1. The molecule has 220 valence electrons. The predicted molar refractivity (Wildman–Crippen MR) is 178 cm³/mol. The van der Waals surface area contributed by atoms with E-state index < -0.39 is 0 Å². The number of rotatable bonds is 6. The molecule has 0 aliphatic carbocycles. The maximum absolute atomic E-state index is 6.59. The van der Waals surface area contributed by atoms with Gasteiger partial charge in [-0.15, -0.1) is 0 Å². The normalized spacial score (nSPS) is 12.4. The maximum atomic E-state index is 6.59. The van der Waals surface area contributed by atoms with Crippen LogP contribution < -0.4 is 4.57 Å². The van der Waals surface area contributed by atoms with Gasteiger partial charge in [-0.25, -0.2) is 9.55 Å². The second-order valence-corrected chi connectivity index (χ2v) is 13.3. The third-order valence-corrected chi connectivity index (χ3v) is 9.25. The van der Waals surface area contributed by atoms with Gasteiger partial charge in [0.05, 0.1) is 18.0 Å². The highest BCUT2D eigenvalue weighted by atomic mass is 16.3. The molecule has 0 atom stereocenters. The first-order chi connectivity index (χ1) is 20.4. The van der Waals surface area contributed by atoms with Gasteiger partial charge in [-0.05, 0) is 75.8 Å². The molecule has 4 nitrogen and oxygen atoms in total. The first-order valence-electron chi connectivity index (χ1n) is 15.5. The van der Waals surface area contributed by atoms with Crippen molar-refractivity contribution in [3.05, 3.63) is 112 Å². The van der Waals surface area contributed by atoms with Crippen molar-refractivity contribution in [2.45, 2.75) is 79.6 Å². The SMILES string of the molecule is Cc1ccc2c(n1)oc1c(C(C)(C)c3c[n+](-c4c(C(C)C)cccc4C(C)C)c(-c4ccccc4C)n3C)c(C)ccc12. The Labute approximate surface area is 256 Å². The number of aromatic nitrogens is 3. The number of benzene rings is 3. The van der Waals surface area contributed by atoms with Gasteiger partial charge in [-0.2, -0.15) is 4.57 Å². The van der Waals surface area contributed by atoms with Crippen LogP contribution in [0.1, 0.15) is 92.6 Å². The third-order valence-electron chi connectivity index (χ3n) is 9.25. The van der Waals surface area contributed by atoms with Crippen molar-refractivity contribution in [3.8, 4) is 17.1 Å². The molecule has 0 amide bonds. The fraction of sp³-hybridized carbons (Fsp3) is 0.333. The molecule has 0 fully saturated rings. The number of pyridine rings is 1. The van der Waals surface area contributed by atoms with Crippen molar-refractivity contribution in [1.82, 2.24) is 9.55 Å². The molecule has 0 saturated carbocycles. The zero-order valence-corrected chi connectivity index (χ0v) is 27.3. The van der Waals surface area contributed by atoms with Gasteiger partial charge in [0.2, 0.25) is 5.71 Å². The summed E-state index contributed by atoms with van der Waals surface area (Å²) in [5.41, 5.74) is 12.3. The average Bonchev–Trinajstić information content (AvgIpc) is 3.49. The van der Waals surface area contributed by atoms with Crippen molar-refractivity contribution in [3.63, 3.8) is 0 Å². The first kappa shape index (κ1) is 28.9. The van der Waals surface area contributed by atoms with E-state index in [-0.39, 0.29) is 5.41 Å². The number of hydrogen-bond donors (Lipinski definition) is 0. The van der Waals surface area contributed by atoms with E-state index >= 15 is 0 Å². The Hall–Kier alpha value is -4.18. The van der Waals surface area contributed by atoms with Crippen LogP contribution in [-0.2, 0) is 12.5 Å². The van der Waals surface area contributed by atoms with Crippen LogP contribution in [0, 0.1) is 20.8 Å². The zero-order valence-electron chi connectivity index (χ0n) is 27.3. The van der Waals surface area contributed by atoms with Crippen molar-refractivity contribution >= 4 is 22.1 Å². The average molecular weight is 571 g/mol. The monoisotopic (exact) mass is 570 g/mol. The van der Waals surface area contributed by atoms with Gasteiger partial charge in [0, 0.05) is 33.2 Å². The van der Waals surface area contributed by atoms with Crippen LogP contribution in [0.2, 0.25) is 0 Å². The highest BCUT2D eigenvalue weighted by Crippen LogP contribution is 2.42. The van der Waals surface area contributed by atoms with Crippen molar-refractivity contribution in [1.29, 1.82) is 0 Å². The molecule has 0 radical (unpaired) electrons. The summed E-state index contributed by atoms with van der Waals surface area (Å²) in [5, 5.41) is 2.18. The molecule has 43 heavy (non-hydrogen) atoms. The first-order valence-corrected chi connectivity index (χ1v) is 15.5. The van der Waals surface area contributed by atoms with E-state index in [1.165, 1.54) is 50.6 Å². The highest BCUT2D eigenvalue weighted by molar-refractivity contribution is 6.05. The van der Waals surface area contributed by atoms with E-state index in [0.29, 0.717) is 17.5 Å². The van der Waals surface area contributed by atoms with Crippen LogP contribution in [0.15, 0.2) is 77.3 Å². The highest BCUT2D eigenvalue weighted by Gasteiger charge is 2.39. The summed E-state index contributed by atoms with van der Waals surface area (Å²) in [4.78, 5) is 4.74. The van der Waals surface area contributed by atoms with Crippen molar-refractivity contribution < 1.29 is 8.98 Å². The summed E-state index contributed by atoms with van der Waals surface area (Å²) in [6, 6.07) is 24.2. The van der Waals surface area contributed by atoms with Crippen LogP contribution >= 0.6 is 0 Å². The molecular formula is C39H44N3O+. The van der Waals surface area contributed by atoms with Crippen molar-refractivity contribution in [2.75, 3.05) is 0 Å². The number of aryl methyl sites for hydroxylation is 3. The van der Waals surface area contributed by atoms with Crippen LogP contribution in [0.5, 0.6) is 0 Å². The Kier molecular flexibility index (Phi) is 7.07. The van der Waals surface area contributed by atoms with Gasteiger partial charge in [-0.3, -0.25) is 0 Å². The molecule has 3 aromatic heterocycles. The Morgan fingerprint density at radius 2 is 1.42 bits per heavy atom. The van der Waals surface area contributed by atoms with E-state index in [9.17, 15) is 0 Å². The molecular weight excluding hydrogens is 526 g/mol. The Morgan fingerprint density at radius 3 is 2.07 bits per heavy atom. The third kappa shape index (κ3) is 4.59. The summed E-state index contributed by atoms with van der Waals surface area (Å²) < 4.78 is 11.5. The molecule has 3 heterocycles. The lowest BCUT2D eigenvalue weighted by atomic mass is 9.78.